The zero-order chi connectivity index (χ0) is 21.5. The summed E-state index contributed by atoms with van der Waals surface area (Å²) in [4.78, 5) is 30.9. The van der Waals surface area contributed by atoms with Crippen molar-refractivity contribution in [2.24, 2.45) is 0 Å². The van der Waals surface area contributed by atoms with Gasteiger partial charge in [-0.1, -0.05) is 24.3 Å². The van der Waals surface area contributed by atoms with Crippen LogP contribution in [0.4, 0.5) is 0 Å². The van der Waals surface area contributed by atoms with E-state index in [0.717, 1.165) is 27.2 Å². The molecular weight excluding hydrogens is 412 g/mol. The summed E-state index contributed by atoms with van der Waals surface area (Å²) in [5, 5.41) is 5.50. The van der Waals surface area contributed by atoms with Gasteiger partial charge in [-0.3, -0.25) is 9.20 Å². The number of ether oxygens (including phenoxy) is 1. The second kappa shape index (κ2) is 7.48. The number of hydrogen-bond acceptors (Lipinski definition) is 6. The number of para-hydroxylation sites is 1. The standard InChI is InChI=1S/C23H18N4O3S/c1-14-7-6-10-26-20(28)11-16(24-21(14)26)13-30-23(29)19-12-18-15(2)25-27(22(18)31-19)17-8-4-3-5-9-17/h3-12H,13H2,1-2H3. The lowest BCUT2D eigenvalue weighted by molar-refractivity contribution is 0.0473. The number of aryl methyl sites for hydroxylation is 2. The molecule has 31 heavy (non-hydrogen) atoms. The van der Waals surface area contributed by atoms with Crippen LogP contribution in [0.1, 0.15) is 26.6 Å². The molecule has 0 radical (unpaired) electrons. The SMILES string of the molecule is Cc1nn(-c2ccccc2)c2sc(C(=O)OCc3cc(=O)n4cccc(C)c4n3)cc12. The Hall–Kier alpha value is -3.78. The lowest BCUT2D eigenvalue weighted by Gasteiger charge is -2.07. The summed E-state index contributed by atoms with van der Waals surface area (Å²) in [5.41, 5.74) is 3.41. The van der Waals surface area contributed by atoms with Gasteiger partial charge in [0.1, 0.15) is 22.0 Å². The molecule has 4 heterocycles. The highest BCUT2D eigenvalue weighted by atomic mass is 32.1. The third-order valence-electron chi connectivity index (χ3n) is 5.04. The lowest BCUT2D eigenvalue weighted by atomic mass is 10.3. The molecule has 0 amide bonds. The highest BCUT2D eigenvalue weighted by molar-refractivity contribution is 7.20. The van der Waals surface area contributed by atoms with Crippen LogP contribution in [0.15, 0.2) is 65.6 Å². The van der Waals surface area contributed by atoms with Gasteiger partial charge in [-0.25, -0.2) is 14.5 Å². The van der Waals surface area contributed by atoms with Gasteiger partial charge in [-0.15, -0.1) is 11.3 Å². The monoisotopic (exact) mass is 430 g/mol. The number of rotatable bonds is 4. The number of benzene rings is 1. The van der Waals surface area contributed by atoms with Crippen LogP contribution in [-0.2, 0) is 11.3 Å². The van der Waals surface area contributed by atoms with Crippen molar-refractivity contribution in [3.63, 3.8) is 0 Å². The van der Waals surface area contributed by atoms with E-state index in [1.165, 1.54) is 21.8 Å². The van der Waals surface area contributed by atoms with E-state index in [2.05, 4.69) is 10.1 Å². The van der Waals surface area contributed by atoms with Gasteiger partial charge >= 0.3 is 5.97 Å². The summed E-state index contributed by atoms with van der Waals surface area (Å²) in [6.45, 7) is 3.72. The van der Waals surface area contributed by atoms with Crippen LogP contribution < -0.4 is 5.56 Å². The van der Waals surface area contributed by atoms with E-state index >= 15 is 0 Å². The fraction of sp³-hybridized carbons (Fsp3) is 0.130. The van der Waals surface area contributed by atoms with Crippen LogP contribution in [0.25, 0.3) is 21.6 Å². The molecule has 0 atom stereocenters. The van der Waals surface area contributed by atoms with Crippen molar-refractivity contribution < 1.29 is 9.53 Å². The third-order valence-corrected chi connectivity index (χ3v) is 6.13. The van der Waals surface area contributed by atoms with Crippen molar-refractivity contribution in [2.45, 2.75) is 20.5 Å². The number of nitrogens with zero attached hydrogens (tertiary/aromatic N) is 4. The van der Waals surface area contributed by atoms with Crippen LogP contribution in [0.5, 0.6) is 0 Å². The summed E-state index contributed by atoms with van der Waals surface area (Å²) in [7, 11) is 0. The Kier molecular flexibility index (Phi) is 4.63. The predicted molar refractivity (Wildman–Crippen MR) is 119 cm³/mol. The number of hydrogen-bond donors (Lipinski definition) is 0. The minimum atomic E-state index is -0.452. The summed E-state index contributed by atoms with van der Waals surface area (Å²) in [6, 6.07) is 16.6. The van der Waals surface area contributed by atoms with Gasteiger partial charge in [0.25, 0.3) is 5.56 Å². The maximum atomic E-state index is 12.7. The fourth-order valence-corrected chi connectivity index (χ4v) is 4.56. The molecule has 0 saturated carbocycles. The van der Waals surface area contributed by atoms with E-state index in [-0.39, 0.29) is 12.2 Å². The van der Waals surface area contributed by atoms with Crippen molar-refractivity contribution >= 4 is 33.2 Å². The molecule has 0 bridgehead atoms. The number of esters is 1. The average Bonchev–Trinajstić information content (AvgIpc) is 3.34. The second-order valence-electron chi connectivity index (χ2n) is 7.21. The van der Waals surface area contributed by atoms with Crippen LogP contribution in [0, 0.1) is 13.8 Å². The Morgan fingerprint density at radius 2 is 1.90 bits per heavy atom. The smallest absolute Gasteiger partial charge is 0.348 e. The van der Waals surface area contributed by atoms with E-state index in [0.29, 0.717) is 16.2 Å². The molecule has 5 aromatic rings. The van der Waals surface area contributed by atoms with Crippen LogP contribution in [0.3, 0.4) is 0 Å². The number of fused-ring (bicyclic) bond motifs is 2. The normalized spacial score (nSPS) is 11.3. The number of aromatic nitrogens is 4. The third kappa shape index (κ3) is 3.40. The quantitative estimate of drug-likeness (QED) is 0.402. The molecule has 0 aliphatic rings. The van der Waals surface area contributed by atoms with Crippen molar-refractivity contribution in [3.05, 3.63) is 93.0 Å². The van der Waals surface area contributed by atoms with Gasteiger partial charge in [-0.2, -0.15) is 5.10 Å². The lowest BCUT2D eigenvalue weighted by Crippen LogP contribution is -2.17. The Balaban J connectivity index is 1.42. The topological polar surface area (TPSA) is 78.5 Å². The van der Waals surface area contributed by atoms with E-state index in [9.17, 15) is 9.59 Å². The number of pyridine rings is 1. The van der Waals surface area contributed by atoms with E-state index < -0.39 is 5.97 Å². The Morgan fingerprint density at radius 1 is 1.10 bits per heavy atom. The molecule has 0 spiro atoms. The maximum Gasteiger partial charge on any atom is 0.348 e. The molecule has 8 heteroatoms. The molecule has 0 aliphatic carbocycles. The Labute approximate surface area is 181 Å². The van der Waals surface area contributed by atoms with E-state index in [1.807, 2.05) is 54.9 Å². The number of carbonyl (C=O) groups excluding carboxylic acids is 1. The maximum absolute atomic E-state index is 12.7. The first-order valence-electron chi connectivity index (χ1n) is 9.71. The zero-order valence-electron chi connectivity index (χ0n) is 16.9. The van der Waals surface area contributed by atoms with Crippen LogP contribution >= 0.6 is 11.3 Å². The minimum absolute atomic E-state index is 0.0725. The molecule has 0 unspecified atom stereocenters. The molecule has 5 rings (SSSR count). The molecule has 0 N–H and O–H groups in total. The van der Waals surface area contributed by atoms with E-state index in [1.54, 1.807) is 18.3 Å². The second-order valence-corrected chi connectivity index (χ2v) is 8.24. The highest BCUT2D eigenvalue weighted by Crippen LogP contribution is 2.30. The predicted octanol–water partition coefficient (Wildman–Crippen LogP) is 4.07. The molecule has 4 aromatic heterocycles. The van der Waals surface area contributed by atoms with Gasteiger partial charge in [0.15, 0.2) is 0 Å². The van der Waals surface area contributed by atoms with Gasteiger partial charge in [-0.05, 0) is 43.7 Å². The van der Waals surface area contributed by atoms with Gasteiger partial charge in [0.2, 0.25) is 0 Å². The summed E-state index contributed by atoms with van der Waals surface area (Å²) < 4.78 is 8.78. The molecule has 0 fully saturated rings. The highest BCUT2D eigenvalue weighted by Gasteiger charge is 2.18. The van der Waals surface area contributed by atoms with Gasteiger partial charge in [0, 0.05) is 17.6 Å². The number of thiophene rings is 1. The Morgan fingerprint density at radius 3 is 2.71 bits per heavy atom. The summed E-state index contributed by atoms with van der Waals surface area (Å²) >= 11 is 1.33. The molecule has 154 valence electrons. The fourth-order valence-electron chi connectivity index (χ4n) is 3.49. The van der Waals surface area contributed by atoms with Gasteiger partial charge in [0.05, 0.1) is 17.1 Å². The summed E-state index contributed by atoms with van der Waals surface area (Å²) in [6.07, 6.45) is 1.67. The Bertz CT molecular complexity index is 1500. The first-order valence-corrected chi connectivity index (χ1v) is 10.5. The largest absolute Gasteiger partial charge is 0.455 e. The molecule has 1 aromatic carbocycles. The summed E-state index contributed by atoms with van der Waals surface area (Å²) in [5.74, 6) is -0.452. The molecule has 7 nitrogen and oxygen atoms in total. The average molecular weight is 430 g/mol. The first-order chi connectivity index (χ1) is 15.0. The first kappa shape index (κ1) is 19.2. The van der Waals surface area contributed by atoms with Crippen molar-refractivity contribution in [2.75, 3.05) is 0 Å². The number of carbonyl (C=O) groups is 1. The van der Waals surface area contributed by atoms with Crippen LogP contribution in [0.2, 0.25) is 0 Å². The zero-order valence-corrected chi connectivity index (χ0v) is 17.7. The van der Waals surface area contributed by atoms with Crippen molar-refractivity contribution in [3.8, 4) is 5.69 Å². The molecule has 0 aliphatic heterocycles. The van der Waals surface area contributed by atoms with Crippen molar-refractivity contribution in [1.29, 1.82) is 0 Å². The molecule has 0 saturated heterocycles. The van der Waals surface area contributed by atoms with Crippen LogP contribution in [-0.4, -0.2) is 25.1 Å². The molecular formula is C23H18N4O3S. The van der Waals surface area contributed by atoms with Crippen molar-refractivity contribution in [1.82, 2.24) is 19.2 Å². The minimum Gasteiger partial charge on any atom is -0.455 e. The van der Waals surface area contributed by atoms with E-state index in [4.69, 9.17) is 4.74 Å². The van der Waals surface area contributed by atoms with Gasteiger partial charge < -0.3 is 4.74 Å².